The average Bonchev–Trinajstić information content (AvgIpc) is 2.79. The Labute approximate surface area is 184 Å². The largest absolute Gasteiger partial charge is 0.204 e. The van der Waals surface area contributed by atoms with Crippen LogP contribution in [0.1, 0.15) is 63.9 Å². The molecule has 0 saturated heterocycles. The first-order valence-corrected chi connectivity index (χ1v) is 11.4. The molecule has 164 valence electrons. The van der Waals surface area contributed by atoms with E-state index in [2.05, 4.69) is 31.2 Å². The van der Waals surface area contributed by atoms with Crippen LogP contribution in [-0.4, -0.2) is 0 Å². The van der Waals surface area contributed by atoms with Crippen molar-refractivity contribution in [2.45, 2.75) is 64.7 Å². The van der Waals surface area contributed by atoms with Crippen molar-refractivity contribution < 1.29 is 13.2 Å². The summed E-state index contributed by atoms with van der Waals surface area (Å²) in [7, 11) is 0. The Hall–Kier alpha value is -2.55. The Kier molecular flexibility index (Phi) is 8.75. The molecule has 0 saturated carbocycles. The first-order valence-electron chi connectivity index (χ1n) is 11.4. The lowest BCUT2D eigenvalue weighted by Crippen LogP contribution is -1.93. The zero-order valence-electron chi connectivity index (χ0n) is 18.3. The summed E-state index contributed by atoms with van der Waals surface area (Å²) in [5.74, 6) is -3.79. The Bertz CT molecular complexity index is 937. The number of rotatable bonds is 11. The van der Waals surface area contributed by atoms with Crippen LogP contribution in [0.25, 0.3) is 22.3 Å². The first kappa shape index (κ1) is 23.1. The fraction of sp³-hybridized carbons (Fsp3) is 0.357. The van der Waals surface area contributed by atoms with Gasteiger partial charge in [0.05, 0.1) is 0 Å². The number of hydrogen-bond acceptors (Lipinski definition) is 0. The van der Waals surface area contributed by atoms with Crippen LogP contribution in [0.2, 0.25) is 0 Å². The molecule has 0 nitrogen and oxygen atoms in total. The van der Waals surface area contributed by atoms with Gasteiger partial charge >= 0.3 is 0 Å². The minimum atomic E-state index is -1.44. The molecule has 0 unspecified atom stereocenters. The molecule has 0 aliphatic carbocycles. The maximum absolute atomic E-state index is 13.7. The van der Waals surface area contributed by atoms with E-state index in [1.165, 1.54) is 56.9 Å². The second kappa shape index (κ2) is 11.7. The van der Waals surface area contributed by atoms with Gasteiger partial charge in [-0.05, 0) is 52.8 Å². The lowest BCUT2D eigenvalue weighted by molar-refractivity contribution is 0.448. The summed E-state index contributed by atoms with van der Waals surface area (Å²) in [5.41, 5.74) is 4.14. The molecule has 3 aromatic carbocycles. The summed E-state index contributed by atoms with van der Waals surface area (Å²) in [6.07, 6.45) is 11.5. The zero-order chi connectivity index (χ0) is 22.1. The minimum Gasteiger partial charge on any atom is -0.204 e. The van der Waals surface area contributed by atoms with Gasteiger partial charge in [-0.3, -0.25) is 0 Å². The molecule has 0 atom stereocenters. The van der Waals surface area contributed by atoms with Crippen LogP contribution in [0, 0.1) is 17.5 Å². The van der Waals surface area contributed by atoms with Crippen LogP contribution in [-0.2, 0) is 6.42 Å². The third kappa shape index (κ3) is 6.46. The van der Waals surface area contributed by atoms with E-state index in [9.17, 15) is 13.2 Å². The highest BCUT2D eigenvalue weighted by atomic mass is 19.2. The molecule has 0 N–H and O–H groups in total. The molecule has 0 fully saturated rings. The van der Waals surface area contributed by atoms with Crippen LogP contribution >= 0.6 is 0 Å². The van der Waals surface area contributed by atoms with Gasteiger partial charge in [-0.15, -0.1) is 0 Å². The van der Waals surface area contributed by atoms with Crippen molar-refractivity contribution in [1.29, 1.82) is 0 Å². The Morgan fingerprint density at radius 2 is 1.10 bits per heavy atom. The number of halogens is 3. The second-order valence-corrected chi connectivity index (χ2v) is 8.22. The van der Waals surface area contributed by atoms with Gasteiger partial charge in [0.1, 0.15) is 0 Å². The number of unbranched alkanes of at least 4 members (excludes halogenated alkanes) is 7. The third-order valence-electron chi connectivity index (χ3n) is 5.81. The maximum Gasteiger partial charge on any atom is 0.194 e. The number of hydrogen-bond donors (Lipinski definition) is 0. The summed E-state index contributed by atoms with van der Waals surface area (Å²) >= 11 is 0. The molecule has 3 rings (SSSR count). The fourth-order valence-corrected chi connectivity index (χ4v) is 4.01. The normalized spacial score (nSPS) is 11.1. The number of benzene rings is 3. The monoisotopic (exact) mass is 424 g/mol. The molecule has 3 heteroatoms. The molecule has 0 spiro atoms. The van der Waals surface area contributed by atoms with Crippen LogP contribution in [0.4, 0.5) is 13.2 Å². The van der Waals surface area contributed by atoms with E-state index in [0.717, 1.165) is 29.7 Å². The van der Waals surface area contributed by atoms with Gasteiger partial charge in [0.2, 0.25) is 0 Å². The van der Waals surface area contributed by atoms with Gasteiger partial charge < -0.3 is 0 Å². The Morgan fingerprint density at radius 3 is 1.68 bits per heavy atom. The van der Waals surface area contributed by atoms with Gasteiger partial charge in [0, 0.05) is 0 Å². The maximum atomic E-state index is 13.7. The van der Waals surface area contributed by atoms with Crippen molar-refractivity contribution in [3.63, 3.8) is 0 Å². The van der Waals surface area contributed by atoms with Gasteiger partial charge in [0.15, 0.2) is 17.5 Å². The Morgan fingerprint density at radius 1 is 0.581 bits per heavy atom. The fourth-order valence-electron chi connectivity index (χ4n) is 4.01. The van der Waals surface area contributed by atoms with E-state index in [4.69, 9.17) is 0 Å². The molecule has 0 aliphatic heterocycles. The van der Waals surface area contributed by atoms with Gasteiger partial charge in [-0.25, -0.2) is 13.2 Å². The molecule has 0 radical (unpaired) electrons. The molecule has 0 bridgehead atoms. The number of aryl methyl sites for hydroxylation is 1. The van der Waals surface area contributed by atoms with Crippen molar-refractivity contribution >= 4 is 0 Å². The van der Waals surface area contributed by atoms with Gasteiger partial charge in [-0.1, -0.05) is 100 Å². The molecular weight excluding hydrogens is 393 g/mol. The average molecular weight is 425 g/mol. The van der Waals surface area contributed by atoms with Crippen LogP contribution in [0.5, 0.6) is 0 Å². The van der Waals surface area contributed by atoms with Crippen molar-refractivity contribution in [2.75, 3.05) is 0 Å². The molecule has 0 aliphatic rings. The second-order valence-electron chi connectivity index (χ2n) is 8.22. The highest BCUT2D eigenvalue weighted by Crippen LogP contribution is 2.33. The minimum absolute atomic E-state index is 0.329. The van der Waals surface area contributed by atoms with Crippen LogP contribution in [0.3, 0.4) is 0 Å². The topological polar surface area (TPSA) is 0 Å². The lowest BCUT2D eigenvalue weighted by atomic mass is 9.93. The quantitative estimate of drug-likeness (QED) is 0.213. The molecule has 0 aromatic heterocycles. The summed E-state index contributed by atoms with van der Waals surface area (Å²) in [4.78, 5) is 0. The van der Waals surface area contributed by atoms with E-state index < -0.39 is 17.5 Å². The van der Waals surface area contributed by atoms with E-state index >= 15 is 0 Å². The van der Waals surface area contributed by atoms with Gasteiger partial charge in [-0.2, -0.15) is 0 Å². The third-order valence-corrected chi connectivity index (χ3v) is 5.81. The van der Waals surface area contributed by atoms with E-state index in [1.54, 1.807) is 6.07 Å². The van der Waals surface area contributed by atoms with Crippen LogP contribution in [0.15, 0.2) is 60.7 Å². The summed E-state index contributed by atoms with van der Waals surface area (Å²) in [5, 5.41) is 0. The van der Waals surface area contributed by atoms with E-state index in [1.807, 2.05) is 18.2 Å². The Balaban J connectivity index is 1.63. The molecule has 3 aromatic rings. The standard InChI is InChI=1S/C28H31F3/c1-2-3-4-5-6-7-8-9-12-21-15-17-22(18-16-21)24-13-10-11-14-25(24)23-19-26(29)28(31)27(30)20-23/h10-11,13-20H,2-9,12H2,1H3. The lowest BCUT2D eigenvalue weighted by Gasteiger charge is -2.12. The summed E-state index contributed by atoms with van der Waals surface area (Å²) in [6, 6.07) is 17.9. The van der Waals surface area contributed by atoms with E-state index in [0.29, 0.717) is 11.1 Å². The summed E-state index contributed by atoms with van der Waals surface area (Å²) < 4.78 is 40.9. The summed E-state index contributed by atoms with van der Waals surface area (Å²) in [6.45, 7) is 2.24. The smallest absolute Gasteiger partial charge is 0.194 e. The highest BCUT2D eigenvalue weighted by molar-refractivity contribution is 5.83. The molecular formula is C28H31F3. The van der Waals surface area contributed by atoms with Gasteiger partial charge in [0.25, 0.3) is 0 Å². The predicted octanol–water partition coefficient (Wildman–Crippen LogP) is 9.12. The zero-order valence-corrected chi connectivity index (χ0v) is 18.3. The first-order chi connectivity index (χ1) is 15.1. The van der Waals surface area contributed by atoms with E-state index in [-0.39, 0.29) is 0 Å². The molecule has 0 amide bonds. The van der Waals surface area contributed by atoms with Crippen molar-refractivity contribution in [3.05, 3.63) is 83.7 Å². The van der Waals surface area contributed by atoms with Crippen molar-refractivity contribution in [3.8, 4) is 22.3 Å². The van der Waals surface area contributed by atoms with Crippen LogP contribution < -0.4 is 0 Å². The molecule has 31 heavy (non-hydrogen) atoms. The molecule has 0 heterocycles. The van der Waals surface area contributed by atoms with Crippen molar-refractivity contribution in [1.82, 2.24) is 0 Å². The van der Waals surface area contributed by atoms with Crippen molar-refractivity contribution in [2.24, 2.45) is 0 Å². The SMILES string of the molecule is CCCCCCCCCCc1ccc(-c2ccccc2-c2cc(F)c(F)c(F)c2)cc1. The highest BCUT2D eigenvalue weighted by Gasteiger charge is 2.14. The predicted molar refractivity (Wildman–Crippen MR) is 124 cm³/mol.